The van der Waals surface area contributed by atoms with Gasteiger partial charge in [-0.3, -0.25) is 4.79 Å². The molecule has 8 heteroatoms. The van der Waals surface area contributed by atoms with Crippen molar-refractivity contribution in [2.24, 2.45) is 0 Å². The van der Waals surface area contributed by atoms with E-state index in [0.717, 1.165) is 47.4 Å². The number of anilines is 1. The van der Waals surface area contributed by atoms with E-state index in [1.165, 1.54) is 11.8 Å². The normalized spacial score (nSPS) is 11.4. The Morgan fingerprint density at radius 1 is 1.30 bits per heavy atom. The lowest BCUT2D eigenvalue weighted by Crippen LogP contribution is -2.07. The molecule has 0 saturated carbocycles. The summed E-state index contributed by atoms with van der Waals surface area (Å²) in [6.45, 7) is 3.77. The first-order chi connectivity index (χ1) is 13.1. The molecule has 3 N–H and O–H groups in total. The lowest BCUT2D eigenvalue weighted by atomic mass is 10.2. The number of carboxylic acids is 1. The fourth-order valence-corrected chi connectivity index (χ4v) is 3.81. The predicted octanol–water partition coefficient (Wildman–Crippen LogP) is 3.30. The van der Waals surface area contributed by atoms with Crippen molar-refractivity contribution >= 4 is 45.5 Å². The summed E-state index contributed by atoms with van der Waals surface area (Å²) in [4.78, 5) is 19.8. The number of aromatic nitrogens is 3. The topological polar surface area (TPSA) is 103 Å². The van der Waals surface area contributed by atoms with Crippen LogP contribution in [0.15, 0.2) is 24.3 Å². The van der Waals surface area contributed by atoms with Gasteiger partial charge < -0.3 is 20.1 Å². The molecule has 0 bridgehead atoms. The van der Waals surface area contributed by atoms with Gasteiger partial charge in [0.1, 0.15) is 17.9 Å². The lowest BCUT2D eigenvalue weighted by molar-refractivity contribution is -0.133. The SMILES string of the molecule is CCOCc1nc2c(N)nc3ccccc3c2n1CCCCSCC(=O)O. The summed E-state index contributed by atoms with van der Waals surface area (Å²) in [7, 11) is 0. The highest BCUT2D eigenvalue weighted by atomic mass is 32.2. The second kappa shape index (κ2) is 9.05. The van der Waals surface area contributed by atoms with Gasteiger partial charge in [-0.2, -0.15) is 11.8 Å². The van der Waals surface area contributed by atoms with Crippen LogP contribution in [0.25, 0.3) is 21.9 Å². The summed E-state index contributed by atoms with van der Waals surface area (Å²) >= 11 is 1.45. The summed E-state index contributed by atoms with van der Waals surface area (Å²) in [5, 5.41) is 9.74. The molecule has 0 amide bonds. The van der Waals surface area contributed by atoms with Crippen molar-refractivity contribution < 1.29 is 14.6 Å². The number of fused-ring (bicyclic) bond motifs is 3. The molecule has 144 valence electrons. The molecule has 3 rings (SSSR count). The summed E-state index contributed by atoms with van der Waals surface area (Å²) in [6.07, 6.45) is 1.86. The van der Waals surface area contributed by atoms with Gasteiger partial charge in [-0.05, 0) is 31.6 Å². The van der Waals surface area contributed by atoms with E-state index in [-0.39, 0.29) is 5.75 Å². The summed E-state index contributed by atoms with van der Waals surface area (Å²) in [6, 6.07) is 7.92. The van der Waals surface area contributed by atoms with Crippen LogP contribution in [0.5, 0.6) is 0 Å². The molecule has 0 aliphatic rings. The minimum Gasteiger partial charge on any atom is -0.481 e. The van der Waals surface area contributed by atoms with E-state index >= 15 is 0 Å². The third kappa shape index (κ3) is 4.51. The second-order valence-corrected chi connectivity index (χ2v) is 7.29. The van der Waals surface area contributed by atoms with Gasteiger partial charge in [0.05, 0.1) is 16.8 Å². The van der Waals surface area contributed by atoms with Crippen LogP contribution in [0.4, 0.5) is 5.82 Å². The maximum Gasteiger partial charge on any atom is 0.313 e. The third-order valence-corrected chi connectivity index (χ3v) is 5.30. The smallest absolute Gasteiger partial charge is 0.313 e. The van der Waals surface area contributed by atoms with Crippen LogP contribution < -0.4 is 5.73 Å². The molecule has 2 heterocycles. The Balaban J connectivity index is 1.89. The van der Waals surface area contributed by atoms with E-state index in [2.05, 4.69) is 9.55 Å². The molecule has 2 aromatic heterocycles. The molecular weight excluding hydrogens is 364 g/mol. The molecule has 0 aliphatic carbocycles. The molecule has 3 aromatic rings. The number of hydrogen-bond donors (Lipinski definition) is 2. The number of unbranched alkanes of at least 4 members (excludes halogenated alkanes) is 1. The first-order valence-corrected chi connectivity index (χ1v) is 10.2. The van der Waals surface area contributed by atoms with Crippen LogP contribution in [-0.4, -0.2) is 43.7 Å². The molecule has 0 atom stereocenters. The van der Waals surface area contributed by atoms with Crippen LogP contribution in [-0.2, 0) is 22.7 Å². The molecular formula is C19H24N4O3S. The average Bonchev–Trinajstić information content (AvgIpc) is 3.02. The quantitative estimate of drug-likeness (QED) is 0.514. The van der Waals surface area contributed by atoms with E-state index in [4.69, 9.17) is 20.6 Å². The van der Waals surface area contributed by atoms with Gasteiger partial charge in [-0.25, -0.2) is 9.97 Å². The van der Waals surface area contributed by atoms with E-state index in [1.807, 2.05) is 31.2 Å². The first-order valence-electron chi connectivity index (χ1n) is 9.02. The zero-order valence-corrected chi connectivity index (χ0v) is 16.2. The maximum atomic E-state index is 10.6. The van der Waals surface area contributed by atoms with E-state index < -0.39 is 5.97 Å². The van der Waals surface area contributed by atoms with Crippen LogP contribution in [0.1, 0.15) is 25.6 Å². The van der Waals surface area contributed by atoms with Gasteiger partial charge in [0.25, 0.3) is 0 Å². The maximum absolute atomic E-state index is 10.6. The Hall–Kier alpha value is -2.32. The summed E-state index contributed by atoms with van der Waals surface area (Å²) in [5.41, 5.74) is 8.72. The van der Waals surface area contributed by atoms with Gasteiger partial charge in [0.2, 0.25) is 0 Å². The number of pyridine rings is 1. The van der Waals surface area contributed by atoms with Gasteiger partial charge in [0, 0.05) is 18.5 Å². The summed E-state index contributed by atoms with van der Waals surface area (Å²) in [5.74, 6) is 1.47. The number of carbonyl (C=O) groups is 1. The van der Waals surface area contributed by atoms with Crippen molar-refractivity contribution in [2.75, 3.05) is 23.8 Å². The van der Waals surface area contributed by atoms with Crippen molar-refractivity contribution in [1.82, 2.24) is 14.5 Å². The molecule has 0 spiro atoms. The first kappa shape index (κ1) is 19.4. The molecule has 0 saturated heterocycles. The number of nitrogens with two attached hydrogens (primary N) is 1. The van der Waals surface area contributed by atoms with Crippen molar-refractivity contribution in [3.05, 3.63) is 30.1 Å². The van der Waals surface area contributed by atoms with Crippen molar-refractivity contribution in [3.63, 3.8) is 0 Å². The van der Waals surface area contributed by atoms with Crippen LogP contribution in [0, 0.1) is 0 Å². The zero-order valence-electron chi connectivity index (χ0n) is 15.4. The largest absolute Gasteiger partial charge is 0.481 e. The number of nitrogens with zero attached hydrogens (tertiary/aromatic N) is 3. The van der Waals surface area contributed by atoms with Crippen LogP contribution >= 0.6 is 11.8 Å². The number of aliphatic carboxylic acids is 1. The van der Waals surface area contributed by atoms with E-state index in [9.17, 15) is 4.79 Å². The van der Waals surface area contributed by atoms with Crippen molar-refractivity contribution in [3.8, 4) is 0 Å². The standard InChI is InChI=1S/C19H24N4O3S/c1-2-26-11-15-22-17-18(13-7-3-4-8-14(13)21-19(17)20)23(15)9-5-6-10-27-12-16(24)25/h3-4,7-8H,2,5-6,9-12H2,1H3,(H2,20,21)(H,24,25). The van der Waals surface area contributed by atoms with E-state index in [0.29, 0.717) is 24.5 Å². The average molecular weight is 388 g/mol. The zero-order chi connectivity index (χ0) is 19.2. The van der Waals surface area contributed by atoms with Gasteiger partial charge in [-0.15, -0.1) is 0 Å². The fraction of sp³-hybridized carbons (Fsp3) is 0.421. The number of hydrogen-bond acceptors (Lipinski definition) is 6. The van der Waals surface area contributed by atoms with Crippen LogP contribution in [0.3, 0.4) is 0 Å². The number of aryl methyl sites for hydroxylation is 1. The second-order valence-electron chi connectivity index (χ2n) is 6.18. The van der Waals surface area contributed by atoms with Crippen molar-refractivity contribution in [2.45, 2.75) is 32.9 Å². The van der Waals surface area contributed by atoms with Gasteiger partial charge in [0.15, 0.2) is 5.82 Å². The highest BCUT2D eigenvalue weighted by Crippen LogP contribution is 2.29. The Kier molecular flexibility index (Phi) is 6.52. The number of para-hydroxylation sites is 1. The highest BCUT2D eigenvalue weighted by molar-refractivity contribution is 7.99. The molecule has 0 radical (unpaired) electrons. The Labute approximate surface area is 161 Å². The molecule has 0 unspecified atom stereocenters. The minimum atomic E-state index is -0.769. The highest BCUT2D eigenvalue weighted by Gasteiger charge is 2.17. The van der Waals surface area contributed by atoms with E-state index in [1.54, 1.807) is 0 Å². The predicted molar refractivity (Wildman–Crippen MR) is 109 cm³/mol. The lowest BCUT2D eigenvalue weighted by Gasteiger charge is -2.11. The Morgan fingerprint density at radius 2 is 2.11 bits per heavy atom. The molecule has 7 nitrogen and oxygen atoms in total. The number of carboxylic acid groups (broad SMARTS) is 1. The minimum absolute atomic E-state index is 0.149. The van der Waals surface area contributed by atoms with Crippen molar-refractivity contribution in [1.29, 1.82) is 0 Å². The summed E-state index contributed by atoms with van der Waals surface area (Å²) < 4.78 is 7.77. The van der Waals surface area contributed by atoms with Gasteiger partial charge in [-0.1, -0.05) is 18.2 Å². The molecule has 27 heavy (non-hydrogen) atoms. The van der Waals surface area contributed by atoms with Crippen LogP contribution in [0.2, 0.25) is 0 Å². The van der Waals surface area contributed by atoms with Gasteiger partial charge >= 0.3 is 5.97 Å². The number of imidazole rings is 1. The fourth-order valence-electron chi connectivity index (χ4n) is 3.08. The molecule has 0 fully saturated rings. The number of nitrogen functional groups attached to an aromatic ring is 1. The Bertz CT molecular complexity index is 941. The third-order valence-electron chi connectivity index (χ3n) is 4.27. The number of thioether (sulfide) groups is 1. The number of benzene rings is 1. The molecule has 1 aromatic carbocycles. The Morgan fingerprint density at radius 3 is 2.89 bits per heavy atom. The number of rotatable bonds is 10. The number of ether oxygens (including phenoxy) is 1. The molecule has 0 aliphatic heterocycles. The monoisotopic (exact) mass is 388 g/mol.